The monoisotopic (exact) mass is 414 g/mol. The van der Waals surface area contributed by atoms with E-state index in [1.54, 1.807) is 18.2 Å². The fourth-order valence-electron chi connectivity index (χ4n) is 3.60. The van der Waals surface area contributed by atoms with Crippen molar-refractivity contribution in [3.63, 3.8) is 0 Å². The zero-order chi connectivity index (χ0) is 20.8. The van der Waals surface area contributed by atoms with Crippen LogP contribution in [0.5, 0.6) is 5.75 Å². The molecule has 1 saturated heterocycles. The third-order valence-corrected chi connectivity index (χ3v) is 6.52. The number of likely N-dealkylation sites (N-methyl/N-ethyl adjacent to an activating group) is 1. The highest BCUT2D eigenvalue weighted by molar-refractivity contribution is 8.00. The molecule has 2 atom stereocenters. The van der Waals surface area contributed by atoms with Gasteiger partial charge in [0.2, 0.25) is 5.91 Å². The predicted molar refractivity (Wildman–Crippen MR) is 117 cm³/mol. The minimum absolute atomic E-state index is 0.103. The average molecular weight is 415 g/mol. The number of methoxy groups -OCH3 is 1. The number of nitrogens with zero attached hydrogens (tertiary/aromatic N) is 3. The Labute approximate surface area is 177 Å². The molecule has 0 unspecified atom stereocenters. The minimum Gasteiger partial charge on any atom is -0.497 e. The smallest absolute Gasteiger partial charge is 0.240 e. The first-order chi connectivity index (χ1) is 14.0. The first kappa shape index (κ1) is 21.5. The van der Waals surface area contributed by atoms with E-state index in [4.69, 9.17) is 4.74 Å². The Morgan fingerprint density at radius 2 is 2.14 bits per heavy atom. The van der Waals surface area contributed by atoms with Crippen molar-refractivity contribution < 1.29 is 9.53 Å². The largest absolute Gasteiger partial charge is 0.497 e. The third-order valence-electron chi connectivity index (χ3n) is 5.30. The topological polar surface area (TPSA) is 61.5 Å². The van der Waals surface area contributed by atoms with Gasteiger partial charge in [0.1, 0.15) is 5.75 Å². The molecule has 2 heterocycles. The van der Waals surface area contributed by atoms with Gasteiger partial charge in [0.15, 0.2) is 0 Å². The molecule has 156 valence electrons. The molecule has 0 saturated carbocycles. The Morgan fingerprint density at radius 1 is 1.38 bits per heavy atom. The number of nitrogens with one attached hydrogen (secondary N) is 1. The number of allylic oxidation sites excluding steroid dienone is 1. The van der Waals surface area contributed by atoms with Gasteiger partial charge in [0.25, 0.3) is 0 Å². The molecule has 1 aliphatic rings. The molecule has 0 bridgehead atoms. The molecular formula is C22H30N4O2S. The van der Waals surface area contributed by atoms with E-state index in [0.717, 1.165) is 31.0 Å². The maximum Gasteiger partial charge on any atom is 0.240 e. The van der Waals surface area contributed by atoms with Crippen molar-refractivity contribution in [1.29, 1.82) is 0 Å². The number of aromatic amines is 1. The maximum absolute atomic E-state index is 13.2. The van der Waals surface area contributed by atoms with E-state index in [2.05, 4.69) is 47.2 Å². The van der Waals surface area contributed by atoms with E-state index >= 15 is 0 Å². The van der Waals surface area contributed by atoms with Gasteiger partial charge < -0.3 is 9.64 Å². The first-order valence-corrected chi connectivity index (χ1v) is 10.8. The summed E-state index contributed by atoms with van der Waals surface area (Å²) < 4.78 is 5.25. The van der Waals surface area contributed by atoms with Gasteiger partial charge in [0, 0.05) is 36.5 Å². The van der Waals surface area contributed by atoms with Crippen LogP contribution in [0.1, 0.15) is 26.0 Å². The summed E-state index contributed by atoms with van der Waals surface area (Å²) in [5.41, 5.74) is 2.23. The van der Waals surface area contributed by atoms with Gasteiger partial charge in [-0.3, -0.25) is 14.8 Å². The van der Waals surface area contributed by atoms with Crippen LogP contribution in [0.3, 0.4) is 0 Å². The summed E-state index contributed by atoms with van der Waals surface area (Å²) in [6.07, 6.45) is 4.69. The van der Waals surface area contributed by atoms with Crippen LogP contribution < -0.4 is 4.74 Å². The molecular weight excluding hydrogens is 384 g/mol. The molecule has 0 aliphatic carbocycles. The van der Waals surface area contributed by atoms with Gasteiger partial charge in [-0.05, 0) is 50.6 Å². The Bertz CT molecular complexity index is 820. The molecule has 1 aromatic carbocycles. The molecule has 1 N–H and O–H groups in total. The number of thioether (sulfide) groups is 1. The zero-order valence-corrected chi connectivity index (χ0v) is 18.4. The molecule has 7 heteroatoms. The van der Waals surface area contributed by atoms with Crippen LogP contribution in [-0.2, 0) is 11.3 Å². The highest BCUT2D eigenvalue weighted by Gasteiger charge is 2.38. The van der Waals surface area contributed by atoms with Crippen molar-refractivity contribution >= 4 is 17.7 Å². The number of carbonyl (C=O) groups excluding carboxylic acids is 1. The zero-order valence-electron chi connectivity index (χ0n) is 17.6. The lowest BCUT2D eigenvalue weighted by molar-refractivity contribution is -0.135. The number of carbonyl (C=O) groups is 1. The molecule has 3 rings (SSSR count). The molecule has 1 aromatic heterocycles. The van der Waals surface area contributed by atoms with Crippen LogP contribution in [0, 0.1) is 0 Å². The van der Waals surface area contributed by atoms with E-state index in [9.17, 15) is 4.79 Å². The van der Waals surface area contributed by atoms with E-state index in [0.29, 0.717) is 11.8 Å². The minimum atomic E-state index is -0.103. The second-order valence-corrected chi connectivity index (χ2v) is 8.88. The van der Waals surface area contributed by atoms with Crippen molar-refractivity contribution in [2.45, 2.75) is 43.0 Å². The van der Waals surface area contributed by atoms with Gasteiger partial charge in [0.05, 0.1) is 25.4 Å². The molecule has 29 heavy (non-hydrogen) atoms. The van der Waals surface area contributed by atoms with Crippen molar-refractivity contribution in [3.8, 4) is 5.75 Å². The number of aromatic nitrogens is 2. The summed E-state index contributed by atoms with van der Waals surface area (Å²) in [6.45, 7) is 6.44. The van der Waals surface area contributed by atoms with Crippen molar-refractivity contribution in [2.24, 2.45) is 0 Å². The molecule has 6 nitrogen and oxygen atoms in total. The summed E-state index contributed by atoms with van der Waals surface area (Å²) >= 11 is 1.84. The van der Waals surface area contributed by atoms with Crippen molar-refractivity contribution in [2.75, 3.05) is 27.2 Å². The van der Waals surface area contributed by atoms with Gasteiger partial charge >= 0.3 is 0 Å². The number of amides is 1. The van der Waals surface area contributed by atoms with Gasteiger partial charge in [-0.2, -0.15) is 5.10 Å². The van der Waals surface area contributed by atoms with Gasteiger partial charge in [-0.1, -0.05) is 11.6 Å². The van der Waals surface area contributed by atoms with Crippen LogP contribution in [-0.4, -0.2) is 64.4 Å². The second-order valence-electron chi connectivity index (χ2n) is 7.51. The molecule has 0 radical (unpaired) electrons. The molecule has 1 aliphatic heterocycles. The molecule has 2 aromatic rings. The van der Waals surface area contributed by atoms with Crippen molar-refractivity contribution in [1.82, 2.24) is 20.0 Å². The summed E-state index contributed by atoms with van der Waals surface area (Å²) in [7, 11) is 3.55. The molecule has 1 fully saturated rings. The fraction of sp³-hybridized carbons (Fsp3) is 0.455. The summed E-state index contributed by atoms with van der Waals surface area (Å²) in [5.74, 6) is 1.03. The Hall–Kier alpha value is -2.25. The Kier molecular flexibility index (Phi) is 7.39. The summed E-state index contributed by atoms with van der Waals surface area (Å²) in [6, 6.07) is 9.95. The van der Waals surface area contributed by atoms with Gasteiger partial charge in [-0.25, -0.2) is 0 Å². The average Bonchev–Trinajstić information content (AvgIpc) is 3.37. The normalized spacial score (nSPS) is 20.1. The Balaban J connectivity index is 1.69. The maximum atomic E-state index is 13.2. The third kappa shape index (κ3) is 5.64. The van der Waals surface area contributed by atoms with Crippen LogP contribution in [0.15, 0.2) is 53.1 Å². The summed E-state index contributed by atoms with van der Waals surface area (Å²) in [4.78, 5) is 18.6. The number of ether oxygens (including phenoxy) is 1. The van der Waals surface area contributed by atoms with E-state index in [1.165, 1.54) is 10.5 Å². The van der Waals surface area contributed by atoms with Gasteiger partial charge in [-0.15, -0.1) is 11.8 Å². The number of benzene rings is 1. The standard InChI is InChI=1S/C22H30N4O2S/c1-5-16(2)13-26-15-20(29-19-8-6-18(28-4)7-9-19)12-21(26)22(27)25(3)14-17-10-11-23-24-17/h5-11,20-21H,12-15H2,1-4H3,(H,23,24)/b16-5+/t20-,21+/m1/s1. The van der Waals surface area contributed by atoms with E-state index in [-0.39, 0.29) is 11.9 Å². The number of hydrogen-bond acceptors (Lipinski definition) is 5. The Morgan fingerprint density at radius 3 is 2.76 bits per heavy atom. The quantitative estimate of drug-likeness (QED) is 0.669. The van der Waals surface area contributed by atoms with Crippen molar-refractivity contribution in [3.05, 3.63) is 53.9 Å². The molecule has 1 amide bonds. The number of likely N-dealkylation sites (tertiary alicyclic amines) is 1. The van der Waals surface area contributed by atoms with E-state index < -0.39 is 0 Å². The lowest BCUT2D eigenvalue weighted by Gasteiger charge is -2.27. The fourth-order valence-corrected chi connectivity index (χ4v) is 4.82. The second kappa shape index (κ2) is 9.98. The highest BCUT2D eigenvalue weighted by Crippen LogP contribution is 2.34. The number of H-pyrrole nitrogens is 1. The van der Waals surface area contributed by atoms with E-state index in [1.807, 2.05) is 37.0 Å². The lowest BCUT2D eigenvalue weighted by Crippen LogP contribution is -2.44. The molecule has 0 spiro atoms. The first-order valence-electron chi connectivity index (χ1n) is 9.90. The van der Waals surface area contributed by atoms with Crippen LogP contribution in [0.25, 0.3) is 0 Å². The van der Waals surface area contributed by atoms with Crippen LogP contribution in [0.4, 0.5) is 0 Å². The van der Waals surface area contributed by atoms with Crippen LogP contribution in [0.2, 0.25) is 0 Å². The van der Waals surface area contributed by atoms with Crippen LogP contribution >= 0.6 is 11.8 Å². The SMILES string of the molecule is C/C=C(\C)CN1C[C@H](Sc2ccc(OC)cc2)C[C@H]1C(=O)N(C)Cc1ccn[nH]1. The number of rotatable bonds is 8. The summed E-state index contributed by atoms with van der Waals surface area (Å²) in [5, 5.41) is 7.29. The lowest BCUT2D eigenvalue weighted by atomic mass is 10.1. The predicted octanol–water partition coefficient (Wildman–Crippen LogP) is 3.58. The highest BCUT2D eigenvalue weighted by atomic mass is 32.2. The number of hydrogen-bond donors (Lipinski definition) is 1.